The fourth-order valence-corrected chi connectivity index (χ4v) is 4.35. The third kappa shape index (κ3) is 4.15. The third-order valence-corrected chi connectivity index (χ3v) is 5.66. The van der Waals surface area contributed by atoms with E-state index in [4.69, 9.17) is 4.74 Å². The number of hydrogen-bond donors (Lipinski definition) is 0. The number of carbonyl (C=O) groups is 1. The number of amides is 1. The predicted octanol–water partition coefficient (Wildman–Crippen LogP) is 4.43. The summed E-state index contributed by atoms with van der Waals surface area (Å²) in [7, 11) is 0. The summed E-state index contributed by atoms with van der Waals surface area (Å²) < 4.78 is 5.77. The average molecular weight is 378 g/mol. The number of ether oxygens (including phenoxy) is 1. The number of morpholine rings is 1. The molecule has 2 heterocycles. The second-order valence-electron chi connectivity index (χ2n) is 6.96. The number of benzene rings is 2. The molecule has 0 radical (unpaired) electrons. The quantitative estimate of drug-likeness (QED) is 0.725. The van der Waals surface area contributed by atoms with Gasteiger partial charge in [0.2, 0.25) is 0 Å². The van der Waals surface area contributed by atoms with Crippen molar-refractivity contribution >= 4 is 28.9 Å². The van der Waals surface area contributed by atoms with Gasteiger partial charge in [-0.05, 0) is 48.4 Å². The first-order valence-corrected chi connectivity index (χ1v) is 9.98. The standard InChI is InChI=1S/C22H22N2O2S/c1-15-13-24(14-16(2)26-15)22-23-21(25)20(27-22)12-17-8-10-19(11-9-17)18-6-4-3-5-7-18/h3-12,15-16H,13-14H2,1-2H3. The van der Waals surface area contributed by atoms with Crippen LogP contribution in [0.3, 0.4) is 0 Å². The lowest BCUT2D eigenvalue weighted by Crippen LogP contribution is -2.47. The minimum absolute atomic E-state index is 0.144. The first kappa shape index (κ1) is 18.0. The van der Waals surface area contributed by atoms with Gasteiger partial charge in [0.1, 0.15) is 0 Å². The van der Waals surface area contributed by atoms with E-state index >= 15 is 0 Å². The topological polar surface area (TPSA) is 41.9 Å². The van der Waals surface area contributed by atoms with Crippen molar-refractivity contribution in [1.82, 2.24) is 4.90 Å². The Labute approximate surface area is 163 Å². The van der Waals surface area contributed by atoms with Gasteiger partial charge in [0.25, 0.3) is 5.91 Å². The van der Waals surface area contributed by atoms with Crippen LogP contribution in [0.15, 0.2) is 64.5 Å². The van der Waals surface area contributed by atoms with Crippen molar-refractivity contribution in [2.24, 2.45) is 4.99 Å². The van der Waals surface area contributed by atoms with E-state index < -0.39 is 0 Å². The summed E-state index contributed by atoms with van der Waals surface area (Å²) in [6.07, 6.45) is 2.21. The highest BCUT2D eigenvalue weighted by Crippen LogP contribution is 2.32. The molecule has 2 atom stereocenters. The largest absolute Gasteiger partial charge is 0.372 e. The highest BCUT2D eigenvalue weighted by atomic mass is 32.2. The molecule has 5 heteroatoms. The van der Waals surface area contributed by atoms with Crippen molar-refractivity contribution in [2.45, 2.75) is 26.1 Å². The van der Waals surface area contributed by atoms with Gasteiger partial charge < -0.3 is 9.64 Å². The van der Waals surface area contributed by atoms with E-state index in [1.807, 2.05) is 36.4 Å². The lowest BCUT2D eigenvalue weighted by molar-refractivity contribution is -0.113. The molecule has 0 aromatic heterocycles. The van der Waals surface area contributed by atoms with Crippen molar-refractivity contribution in [1.29, 1.82) is 0 Å². The monoisotopic (exact) mass is 378 g/mol. The fraction of sp³-hybridized carbons (Fsp3) is 0.273. The molecule has 2 unspecified atom stereocenters. The van der Waals surface area contributed by atoms with Crippen LogP contribution in [0.25, 0.3) is 17.2 Å². The van der Waals surface area contributed by atoms with Crippen LogP contribution in [-0.4, -0.2) is 41.3 Å². The van der Waals surface area contributed by atoms with Gasteiger partial charge in [0.05, 0.1) is 17.1 Å². The lowest BCUT2D eigenvalue weighted by Gasteiger charge is -2.35. The van der Waals surface area contributed by atoms with Crippen molar-refractivity contribution in [3.05, 3.63) is 65.1 Å². The zero-order valence-corrected chi connectivity index (χ0v) is 16.3. The minimum Gasteiger partial charge on any atom is -0.372 e. The molecule has 4 nitrogen and oxygen atoms in total. The molecular weight excluding hydrogens is 356 g/mol. The van der Waals surface area contributed by atoms with E-state index in [-0.39, 0.29) is 18.1 Å². The summed E-state index contributed by atoms with van der Waals surface area (Å²) >= 11 is 1.46. The zero-order chi connectivity index (χ0) is 18.8. The van der Waals surface area contributed by atoms with Gasteiger partial charge >= 0.3 is 0 Å². The minimum atomic E-state index is -0.158. The molecule has 0 spiro atoms. The van der Waals surface area contributed by atoms with Crippen molar-refractivity contribution in [2.75, 3.05) is 13.1 Å². The Hall–Kier alpha value is -2.37. The van der Waals surface area contributed by atoms with Crippen LogP contribution < -0.4 is 0 Å². The molecule has 0 bridgehead atoms. The smallest absolute Gasteiger partial charge is 0.286 e. The lowest BCUT2D eigenvalue weighted by atomic mass is 10.0. The number of aliphatic imine (C=N–C) groups is 1. The van der Waals surface area contributed by atoms with Crippen LogP contribution in [0, 0.1) is 0 Å². The van der Waals surface area contributed by atoms with E-state index in [0.717, 1.165) is 29.4 Å². The van der Waals surface area contributed by atoms with Crippen molar-refractivity contribution in [3.8, 4) is 11.1 Å². The molecule has 0 N–H and O–H groups in total. The maximum atomic E-state index is 12.3. The third-order valence-electron chi connectivity index (χ3n) is 4.61. The number of thioether (sulfide) groups is 1. The van der Waals surface area contributed by atoms with E-state index in [9.17, 15) is 4.79 Å². The van der Waals surface area contributed by atoms with Gasteiger partial charge in [-0.15, -0.1) is 0 Å². The SMILES string of the molecule is CC1CN(C2=NC(=O)C(=Cc3ccc(-c4ccccc4)cc3)S2)CC(C)O1. The van der Waals surface area contributed by atoms with Gasteiger partial charge in [-0.1, -0.05) is 54.6 Å². The zero-order valence-electron chi connectivity index (χ0n) is 15.5. The molecule has 1 fully saturated rings. The summed E-state index contributed by atoms with van der Waals surface area (Å²) in [5.74, 6) is -0.158. The summed E-state index contributed by atoms with van der Waals surface area (Å²) in [5.41, 5.74) is 3.35. The molecular formula is C22H22N2O2S. The highest BCUT2D eigenvalue weighted by Gasteiger charge is 2.30. The Morgan fingerprint density at radius 1 is 1.00 bits per heavy atom. The number of carbonyl (C=O) groups excluding carboxylic acids is 1. The molecule has 1 amide bonds. The first-order valence-electron chi connectivity index (χ1n) is 9.17. The molecule has 4 rings (SSSR count). The Morgan fingerprint density at radius 3 is 2.30 bits per heavy atom. The van der Waals surface area contributed by atoms with Crippen LogP contribution in [0.1, 0.15) is 19.4 Å². The Bertz CT molecular complexity index is 880. The van der Waals surface area contributed by atoms with Crippen molar-refractivity contribution in [3.63, 3.8) is 0 Å². The molecule has 138 valence electrons. The predicted molar refractivity (Wildman–Crippen MR) is 111 cm³/mol. The van der Waals surface area contributed by atoms with Gasteiger partial charge in [-0.25, -0.2) is 0 Å². The molecule has 27 heavy (non-hydrogen) atoms. The van der Waals surface area contributed by atoms with Crippen LogP contribution >= 0.6 is 11.8 Å². The van der Waals surface area contributed by atoms with Gasteiger partial charge in [0.15, 0.2) is 5.17 Å². The van der Waals surface area contributed by atoms with E-state index in [2.05, 4.69) is 48.0 Å². The molecule has 2 aromatic rings. The number of nitrogens with zero attached hydrogens (tertiary/aromatic N) is 2. The summed E-state index contributed by atoms with van der Waals surface area (Å²) in [5, 5.41) is 0.786. The number of amidine groups is 1. The Morgan fingerprint density at radius 2 is 1.63 bits per heavy atom. The molecule has 2 aliphatic rings. The summed E-state index contributed by atoms with van der Waals surface area (Å²) in [6, 6.07) is 18.5. The van der Waals surface area contributed by atoms with Crippen molar-refractivity contribution < 1.29 is 9.53 Å². The summed E-state index contributed by atoms with van der Waals surface area (Å²) in [4.78, 5) is 19.4. The fourth-order valence-electron chi connectivity index (χ4n) is 3.42. The summed E-state index contributed by atoms with van der Waals surface area (Å²) in [6.45, 7) is 5.64. The number of rotatable bonds is 2. The maximum Gasteiger partial charge on any atom is 0.286 e. The normalized spacial score (nSPS) is 24.4. The second kappa shape index (κ2) is 7.71. The van der Waals surface area contributed by atoms with E-state index in [1.54, 1.807) is 0 Å². The Balaban J connectivity index is 1.48. The second-order valence-corrected chi connectivity index (χ2v) is 7.97. The van der Waals surface area contributed by atoms with Crippen LogP contribution in [0.4, 0.5) is 0 Å². The van der Waals surface area contributed by atoms with E-state index in [0.29, 0.717) is 4.91 Å². The van der Waals surface area contributed by atoms with E-state index in [1.165, 1.54) is 17.3 Å². The molecule has 0 aliphatic carbocycles. The molecule has 0 saturated carbocycles. The van der Waals surface area contributed by atoms with Crippen LogP contribution in [0.2, 0.25) is 0 Å². The maximum absolute atomic E-state index is 12.3. The van der Waals surface area contributed by atoms with Gasteiger partial charge in [0, 0.05) is 13.1 Å². The average Bonchev–Trinajstić information content (AvgIpc) is 3.03. The highest BCUT2D eigenvalue weighted by molar-refractivity contribution is 8.18. The van der Waals surface area contributed by atoms with Gasteiger partial charge in [-0.3, -0.25) is 4.79 Å². The Kier molecular flexibility index (Phi) is 5.14. The van der Waals surface area contributed by atoms with Crippen LogP contribution in [0.5, 0.6) is 0 Å². The number of hydrogen-bond acceptors (Lipinski definition) is 4. The molecule has 2 aliphatic heterocycles. The van der Waals surface area contributed by atoms with Crippen LogP contribution in [-0.2, 0) is 9.53 Å². The first-order chi connectivity index (χ1) is 13.1. The molecule has 1 saturated heterocycles. The molecule has 2 aromatic carbocycles. The van der Waals surface area contributed by atoms with Gasteiger partial charge in [-0.2, -0.15) is 4.99 Å².